The molecular weight excluding hydrogens is 492 g/mol. The zero-order valence-electron chi connectivity index (χ0n) is 22.8. The number of carbonyl (C=O) groups excluding carboxylic acids is 3. The van der Waals surface area contributed by atoms with Crippen LogP contribution in [0, 0.1) is 23.7 Å². The van der Waals surface area contributed by atoms with Gasteiger partial charge in [0.15, 0.2) is 5.78 Å². The molecule has 2 aliphatic carbocycles. The average molecular weight is 538 g/mol. The molecule has 3 aliphatic heterocycles. The number of carbonyl (C=O) groups is 3. The number of ether oxygens (including phenoxy) is 1. The first kappa shape index (κ1) is 28.1. The van der Waals surface area contributed by atoms with Crippen LogP contribution in [0.15, 0.2) is 0 Å². The van der Waals surface area contributed by atoms with Crippen LogP contribution in [0.5, 0.6) is 0 Å². The second-order valence-corrected chi connectivity index (χ2v) is 12.6. The van der Waals surface area contributed by atoms with Gasteiger partial charge in [-0.25, -0.2) is 8.78 Å². The highest BCUT2D eigenvalue weighted by Gasteiger charge is 2.41. The number of likely N-dealkylation sites (tertiary alicyclic amines) is 2. The van der Waals surface area contributed by atoms with Gasteiger partial charge in [0, 0.05) is 25.4 Å². The third-order valence-corrected chi connectivity index (χ3v) is 9.85. The van der Waals surface area contributed by atoms with Gasteiger partial charge in [-0.1, -0.05) is 19.3 Å². The number of hydrogen-bond acceptors (Lipinski definition) is 6. The Kier molecular flexibility index (Phi) is 9.15. The number of amides is 1. The normalized spacial score (nSPS) is 35.1. The molecule has 0 N–H and O–H groups in total. The smallest absolute Gasteiger partial charge is 0.260 e. The summed E-state index contributed by atoms with van der Waals surface area (Å²) in [5.41, 5.74) is 0. The maximum Gasteiger partial charge on any atom is 0.260 e. The van der Waals surface area contributed by atoms with Gasteiger partial charge in [-0.3, -0.25) is 24.2 Å². The van der Waals surface area contributed by atoms with Crippen molar-refractivity contribution in [1.29, 1.82) is 0 Å². The van der Waals surface area contributed by atoms with Gasteiger partial charge < -0.3 is 9.64 Å². The summed E-state index contributed by atoms with van der Waals surface area (Å²) < 4.78 is 33.6. The van der Waals surface area contributed by atoms with E-state index in [0.717, 1.165) is 19.0 Å². The van der Waals surface area contributed by atoms with E-state index >= 15 is 0 Å². The number of hydrogen-bond donors (Lipinski definition) is 0. The quantitative estimate of drug-likeness (QED) is 0.496. The lowest BCUT2D eigenvalue weighted by atomic mass is 9.75. The van der Waals surface area contributed by atoms with E-state index in [-0.39, 0.29) is 61.5 Å². The molecule has 1 amide bonds. The van der Waals surface area contributed by atoms with Crippen molar-refractivity contribution in [3.05, 3.63) is 0 Å². The first-order chi connectivity index (χ1) is 18.3. The molecule has 0 radical (unpaired) electrons. The minimum atomic E-state index is -2.72. The van der Waals surface area contributed by atoms with Crippen molar-refractivity contribution in [2.45, 2.75) is 82.7 Å². The first-order valence-corrected chi connectivity index (χ1v) is 15.0. The fraction of sp³-hybridized carbons (Fsp3) is 0.897. The number of fused-ring (bicyclic) bond motifs is 2. The van der Waals surface area contributed by atoms with E-state index in [1.165, 1.54) is 32.1 Å². The Bertz CT molecular complexity index is 871. The number of rotatable bonds is 7. The predicted octanol–water partition coefficient (Wildman–Crippen LogP) is 3.40. The SMILES string of the molecule is O=C(CN1CCC2CCCCC2C1)CN1CCOC2CCC(C(=O)CN3CCCC(F)(F)C3)CCC2C1=O. The predicted molar refractivity (Wildman–Crippen MR) is 139 cm³/mol. The van der Waals surface area contributed by atoms with Crippen LogP contribution in [0.4, 0.5) is 8.78 Å². The van der Waals surface area contributed by atoms with Crippen LogP contribution in [-0.2, 0) is 19.1 Å². The summed E-state index contributed by atoms with van der Waals surface area (Å²) in [6, 6.07) is 0. The summed E-state index contributed by atoms with van der Waals surface area (Å²) in [6.45, 7) is 3.58. The minimum absolute atomic E-state index is 0.000351. The summed E-state index contributed by atoms with van der Waals surface area (Å²) in [4.78, 5) is 45.1. The molecule has 5 fully saturated rings. The zero-order valence-corrected chi connectivity index (χ0v) is 22.8. The molecule has 2 saturated carbocycles. The molecule has 0 aromatic heterocycles. The van der Waals surface area contributed by atoms with E-state index in [4.69, 9.17) is 4.74 Å². The lowest BCUT2D eigenvalue weighted by Crippen LogP contribution is -2.47. The summed E-state index contributed by atoms with van der Waals surface area (Å²) in [7, 11) is 0. The first-order valence-electron chi connectivity index (χ1n) is 15.0. The van der Waals surface area contributed by atoms with Crippen LogP contribution in [-0.4, -0.2) is 103 Å². The molecular formula is C29H45F2N3O4. The zero-order chi connectivity index (χ0) is 26.7. The Morgan fingerprint density at radius 1 is 0.842 bits per heavy atom. The molecule has 214 valence electrons. The van der Waals surface area contributed by atoms with Gasteiger partial charge in [-0.15, -0.1) is 0 Å². The average Bonchev–Trinajstić information content (AvgIpc) is 3.17. The summed E-state index contributed by atoms with van der Waals surface area (Å²) >= 11 is 0. The molecule has 38 heavy (non-hydrogen) atoms. The third kappa shape index (κ3) is 7.00. The van der Waals surface area contributed by atoms with Gasteiger partial charge in [-0.05, 0) is 69.9 Å². The Morgan fingerprint density at radius 3 is 2.45 bits per heavy atom. The highest BCUT2D eigenvalue weighted by atomic mass is 19.3. The van der Waals surface area contributed by atoms with Crippen LogP contribution < -0.4 is 0 Å². The molecule has 0 aromatic carbocycles. The van der Waals surface area contributed by atoms with Crippen molar-refractivity contribution in [3.63, 3.8) is 0 Å². The lowest BCUT2D eigenvalue weighted by Gasteiger charge is -2.41. The molecule has 5 rings (SSSR count). The van der Waals surface area contributed by atoms with Gasteiger partial charge in [0.2, 0.25) is 5.91 Å². The third-order valence-electron chi connectivity index (χ3n) is 9.85. The molecule has 5 atom stereocenters. The molecule has 3 heterocycles. The van der Waals surface area contributed by atoms with Crippen molar-refractivity contribution in [3.8, 4) is 0 Å². The lowest BCUT2D eigenvalue weighted by molar-refractivity contribution is -0.140. The number of halogens is 2. The number of ketones is 2. The van der Waals surface area contributed by atoms with Gasteiger partial charge in [0.1, 0.15) is 5.78 Å². The van der Waals surface area contributed by atoms with Crippen LogP contribution in [0.25, 0.3) is 0 Å². The van der Waals surface area contributed by atoms with E-state index in [2.05, 4.69) is 4.90 Å². The molecule has 0 spiro atoms. The number of Topliss-reactive ketones (excluding diaryl/α,β-unsaturated/α-hetero) is 2. The maximum atomic E-state index is 13.8. The summed E-state index contributed by atoms with van der Waals surface area (Å²) in [6.07, 6.45) is 8.81. The Morgan fingerprint density at radius 2 is 1.63 bits per heavy atom. The fourth-order valence-electron chi connectivity index (χ4n) is 7.76. The van der Waals surface area contributed by atoms with Crippen LogP contribution in [0.3, 0.4) is 0 Å². The largest absolute Gasteiger partial charge is 0.376 e. The van der Waals surface area contributed by atoms with Crippen LogP contribution >= 0.6 is 0 Å². The molecule has 3 saturated heterocycles. The summed E-state index contributed by atoms with van der Waals surface area (Å²) in [5.74, 6) is -1.70. The number of nitrogens with zero attached hydrogens (tertiary/aromatic N) is 3. The van der Waals surface area contributed by atoms with Crippen molar-refractivity contribution >= 4 is 17.5 Å². The second kappa shape index (κ2) is 12.4. The van der Waals surface area contributed by atoms with Gasteiger partial charge in [0.25, 0.3) is 5.92 Å². The highest BCUT2D eigenvalue weighted by Crippen LogP contribution is 2.36. The van der Waals surface area contributed by atoms with Crippen molar-refractivity contribution in [2.75, 3.05) is 59.0 Å². The van der Waals surface area contributed by atoms with E-state index in [1.54, 1.807) is 9.80 Å². The standard InChI is InChI=1S/C29H45F2N3O4/c30-29(31)11-3-12-33(20-29)19-26(36)22-6-8-25-27(9-7-22)38-15-14-34(28(25)37)18-24(35)17-32-13-10-21-4-1-2-5-23(21)16-32/h21-23,25,27H,1-20H2. The van der Waals surface area contributed by atoms with Crippen molar-refractivity contribution < 1.29 is 27.9 Å². The molecule has 5 unspecified atom stereocenters. The monoisotopic (exact) mass is 537 g/mol. The molecule has 7 nitrogen and oxygen atoms in total. The minimum Gasteiger partial charge on any atom is -0.376 e. The van der Waals surface area contributed by atoms with E-state index in [0.29, 0.717) is 64.3 Å². The van der Waals surface area contributed by atoms with E-state index < -0.39 is 5.92 Å². The van der Waals surface area contributed by atoms with Gasteiger partial charge >= 0.3 is 0 Å². The van der Waals surface area contributed by atoms with E-state index in [9.17, 15) is 23.2 Å². The second-order valence-electron chi connectivity index (χ2n) is 12.6. The van der Waals surface area contributed by atoms with Gasteiger partial charge in [0.05, 0.1) is 44.8 Å². The number of alkyl halides is 2. The van der Waals surface area contributed by atoms with Crippen LogP contribution in [0.1, 0.15) is 70.6 Å². The van der Waals surface area contributed by atoms with Crippen molar-refractivity contribution in [1.82, 2.24) is 14.7 Å². The highest BCUT2D eigenvalue weighted by molar-refractivity contribution is 5.88. The van der Waals surface area contributed by atoms with Gasteiger partial charge in [-0.2, -0.15) is 0 Å². The molecule has 9 heteroatoms. The molecule has 0 bridgehead atoms. The maximum absolute atomic E-state index is 13.8. The van der Waals surface area contributed by atoms with E-state index in [1.807, 2.05) is 0 Å². The Hall–Kier alpha value is -1.45. The fourth-order valence-corrected chi connectivity index (χ4v) is 7.76. The Labute approximate surface area is 225 Å². The molecule has 5 aliphatic rings. The number of piperidine rings is 2. The summed E-state index contributed by atoms with van der Waals surface area (Å²) in [5, 5.41) is 0. The topological polar surface area (TPSA) is 70.2 Å². The molecule has 0 aromatic rings. The van der Waals surface area contributed by atoms with Crippen LogP contribution in [0.2, 0.25) is 0 Å². The Balaban J connectivity index is 1.11. The van der Waals surface area contributed by atoms with Crippen molar-refractivity contribution in [2.24, 2.45) is 23.7 Å².